The van der Waals surface area contributed by atoms with Crippen LogP contribution in [0.5, 0.6) is 5.75 Å². The maximum Gasteiger partial charge on any atom is 0.266 e. The summed E-state index contributed by atoms with van der Waals surface area (Å²) in [5.74, 6) is 0.686. The third-order valence-electron chi connectivity index (χ3n) is 5.10. The van der Waals surface area contributed by atoms with E-state index in [1.807, 2.05) is 66.7 Å². The summed E-state index contributed by atoms with van der Waals surface area (Å²) in [6.45, 7) is 2.52. The highest BCUT2D eigenvalue weighted by atomic mass is 35.5. The summed E-state index contributed by atoms with van der Waals surface area (Å²) in [5, 5.41) is 1.36. The molecule has 0 aliphatic carbocycles. The highest BCUT2D eigenvalue weighted by Gasteiger charge is 2.30. The number of ether oxygens (including phenoxy) is 1. The van der Waals surface area contributed by atoms with Crippen molar-refractivity contribution in [2.24, 2.45) is 4.99 Å². The van der Waals surface area contributed by atoms with Gasteiger partial charge in [0.15, 0.2) is 5.17 Å². The minimum Gasteiger partial charge on any atom is -0.489 e. The topological polar surface area (TPSA) is 41.9 Å². The molecule has 1 amide bonds. The number of rotatable bonds is 6. The van der Waals surface area contributed by atoms with Gasteiger partial charge >= 0.3 is 0 Å². The smallest absolute Gasteiger partial charge is 0.266 e. The van der Waals surface area contributed by atoms with Crippen molar-refractivity contribution < 1.29 is 9.53 Å². The number of hydrogen-bond donors (Lipinski definition) is 0. The van der Waals surface area contributed by atoms with Crippen LogP contribution in [0.25, 0.3) is 6.08 Å². The Labute approximate surface area is 197 Å². The van der Waals surface area contributed by atoms with E-state index in [9.17, 15) is 4.79 Å². The molecule has 1 fully saturated rings. The molecule has 0 atom stereocenters. The van der Waals surface area contributed by atoms with Crippen LogP contribution in [-0.2, 0) is 17.8 Å². The molecular formula is C26H23ClN2O2S. The Balaban J connectivity index is 1.44. The van der Waals surface area contributed by atoms with Crippen molar-refractivity contribution in [1.82, 2.24) is 4.90 Å². The molecule has 0 radical (unpaired) electrons. The van der Waals surface area contributed by atoms with Crippen LogP contribution in [0.2, 0.25) is 5.02 Å². The number of amides is 1. The Bertz CT molecular complexity index is 1170. The van der Waals surface area contributed by atoms with E-state index in [0.717, 1.165) is 29.0 Å². The predicted octanol–water partition coefficient (Wildman–Crippen LogP) is 6.72. The normalized spacial score (nSPS) is 16.2. The first-order valence-corrected chi connectivity index (χ1v) is 11.5. The average molecular weight is 463 g/mol. The zero-order valence-electron chi connectivity index (χ0n) is 17.9. The molecule has 4 rings (SSSR count). The standard InChI is InChI=1S/C26H23ClN2O2S/c1-3-18-8-12-21(13-9-18)28-26-29(2)25(30)24(32-26)16-19-10-14-22(15-11-19)31-17-20-6-4-5-7-23(20)27/h4-16H,3,17H2,1-2H3/b24-16+,28-26?. The average Bonchev–Trinajstić information content (AvgIpc) is 3.07. The Morgan fingerprint density at radius 3 is 2.44 bits per heavy atom. The van der Waals surface area contributed by atoms with E-state index in [1.165, 1.54) is 17.3 Å². The molecule has 32 heavy (non-hydrogen) atoms. The van der Waals surface area contributed by atoms with E-state index >= 15 is 0 Å². The van der Waals surface area contributed by atoms with E-state index in [-0.39, 0.29) is 5.91 Å². The quantitative estimate of drug-likeness (QED) is 0.382. The molecule has 4 nitrogen and oxygen atoms in total. The summed E-state index contributed by atoms with van der Waals surface area (Å²) in [6.07, 6.45) is 2.87. The molecular weight excluding hydrogens is 440 g/mol. The monoisotopic (exact) mass is 462 g/mol. The number of aliphatic imine (C=N–C) groups is 1. The fourth-order valence-electron chi connectivity index (χ4n) is 3.16. The van der Waals surface area contributed by atoms with Gasteiger partial charge in [-0.15, -0.1) is 0 Å². The van der Waals surface area contributed by atoms with Gasteiger partial charge in [-0.05, 0) is 65.7 Å². The van der Waals surface area contributed by atoms with Gasteiger partial charge in [-0.3, -0.25) is 9.69 Å². The second kappa shape index (κ2) is 10.1. The fourth-order valence-corrected chi connectivity index (χ4v) is 4.33. The summed E-state index contributed by atoms with van der Waals surface area (Å²) in [6, 6.07) is 23.3. The van der Waals surface area contributed by atoms with E-state index in [4.69, 9.17) is 16.3 Å². The molecule has 0 N–H and O–H groups in total. The van der Waals surface area contributed by atoms with Crippen molar-refractivity contribution >= 4 is 46.2 Å². The van der Waals surface area contributed by atoms with Gasteiger partial charge in [0.25, 0.3) is 5.91 Å². The van der Waals surface area contributed by atoms with Crippen LogP contribution in [-0.4, -0.2) is 23.0 Å². The van der Waals surface area contributed by atoms with Crippen LogP contribution < -0.4 is 4.74 Å². The lowest BCUT2D eigenvalue weighted by Gasteiger charge is -2.08. The van der Waals surface area contributed by atoms with Crippen molar-refractivity contribution in [3.05, 3.63) is 99.4 Å². The van der Waals surface area contributed by atoms with Crippen LogP contribution in [0.1, 0.15) is 23.6 Å². The van der Waals surface area contributed by atoms with E-state index in [0.29, 0.717) is 21.7 Å². The number of amidine groups is 1. The number of carbonyl (C=O) groups is 1. The van der Waals surface area contributed by atoms with Crippen molar-refractivity contribution in [2.75, 3.05) is 7.05 Å². The molecule has 3 aromatic carbocycles. The van der Waals surface area contributed by atoms with Crippen LogP contribution in [0.15, 0.2) is 82.7 Å². The van der Waals surface area contributed by atoms with Crippen molar-refractivity contribution in [2.45, 2.75) is 20.0 Å². The lowest BCUT2D eigenvalue weighted by atomic mass is 10.2. The van der Waals surface area contributed by atoms with Crippen molar-refractivity contribution in [1.29, 1.82) is 0 Å². The van der Waals surface area contributed by atoms with Crippen LogP contribution in [0, 0.1) is 0 Å². The molecule has 0 bridgehead atoms. The first-order chi connectivity index (χ1) is 15.5. The van der Waals surface area contributed by atoms with Gasteiger partial charge in [0.05, 0.1) is 10.6 Å². The maximum absolute atomic E-state index is 12.7. The first-order valence-electron chi connectivity index (χ1n) is 10.3. The summed E-state index contributed by atoms with van der Waals surface area (Å²) in [4.78, 5) is 19.6. The highest BCUT2D eigenvalue weighted by Crippen LogP contribution is 2.33. The van der Waals surface area contributed by atoms with Crippen molar-refractivity contribution in [3.63, 3.8) is 0 Å². The number of thioether (sulfide) groups is 1. The minimum absolute atomic E-state index is 0.0574. The molecule has 6 heteroatoms. The predicted molar refractivity (Wildman–Crippen MR) is 133 cm³/mol. The Morgan fingerprint density at radius 1 is 1.03 bits per heavy atom. The first kappa shape index (κ1) is 22.2. The van der Waals surface area contributed by atoms with Gasteiger partial charge in [0.1, 0.15) is 12.4 Å². The Kier molecular flexibility index (Phi) is 6.98. The molecule has 3 aromatic rings. The Hall–Kier alpha value is -3.02. The number of likely N-dealkylation sites (N-methyl/N-ethyl adjacent to an activating group) is 1. The summed E-state index contributed by atoms with van der Waals surface area (Å²) in [5.41, 5.74) is 3.96. The number of aryl methyl sites for hydroxylation is 1. The number of halogens is 1. The third-order valence-corrected chi connectivity index (χ3v) is 6.53. The zero-order valence-corrected chi connectivity index (χ0v) is 19.5. The fraction of sp³-hybridized carbons (Fsp3) is 0.154. The van der Waals surface area contributed by atoms with Gasteiger partial charge in [-0.1, -0.05) is 61.0 Å². The van der Waals surface area contributed by atoms with Gasteiger partial charge < -0.3 is 4.74 Å². The lowest BCUT2D eigenvalue weighted by molar-refractivity contribution is -0.121. The molecule has 0 spiro atoms. The number of benzene rings is 3. The minimum atomic E-state index is -0.0574. The van der Waals surface area contributed by atoms with Crippen LogP contribution >= 0.6 is 23.4 Å². The van der Waals surface area contributed by atoms with E-state index < -0.39 is 0 Å². The molecule has 0 saturated carbocycles. The van der Waals surface area contributed by atoms with Gasteiger partial charge in [-0.2, -0.15) is 0 Å². The van der Waals surface area contributed by atoms with Gasteiger partial charge in [0.2, 0.25) is 0 Å². The van der Waals surface area contributed by atoms with Crippen LogP contribution in [0.4, 0.5) is 5.69 Å². The number of hydrogen-bond acceptors (Lipinski definition) is 4. The second-order valence-electron chi connectivity index (χ2n) is 7.34. The number of nitrogens with zero attached hydrogens (tertiary/aromatic N) is 2. The maximum atomic E-state index is 12.7. The largest absolute Gasteiger partial charge is 0.489 e. The molecule has 1 saturated heterocycles. The summed E-state index contributed by atoms with van der Waals surface area (Å²) >= 11 is 7.56. The molecule has 162 valence electrons. The number of carbonyl (C=O) groups excluding carboxylic acids is 1. The molecule has 1 heterocycles. The third kappa shape index (κ3) is 5.23. The highest BCUT2D eigenvalue weighted by molar-refractivity contribution is 8.18. The molecule has 1 aliphatic rings. The van der Waals surface area contributed by atoms with Crippen LogP contribution in [0.3, 0.4) is 0 Å². The van der Waals surface area contributed by atoms with Gasteiger partial charge in [0, 0.05) is 17.6 Å². The van der Waals surface area contributed by atoms with Gasteiger partial charge in [-0.25, -0.2) is 4.99 Å². The lowest BCUT2D eigenvalue weighted by Crippen LogP contribution is -2.23. The van der Waals surface area contributed by atoms with E-state index in [2.05, 4.69) is 24.0 Å². The zero-order chi connectivity index (χ0) is 22.5. The van der Waals surface area contributed by atoms with Crippen molar-refractivity contribution in [3.8, 4) is 5.75 Å². The molecule has 0 aromatic heterocycles. The Morgan fingerprint density at radius 2 is 1.75 bits per heavy atom. The summed E-state index contributed by atoms with van der Waals surface area (Å²) < 4.78 is 5.83. The van der Waals surface area contributed by atoms with E-state index in [1.54, 1.807) is 11.9 Å². The SMILES string of the molecule is CCc1ccc(N=C2S/C(=C/c3ccc(OCc4ccccc4Cl)cc3)C(=O)N2C)cc1. The molecule has 1 aliphatic heterocycles. The summed E-state index contributed by atoms with van der Waals surface area (Å²) in [7, 11) is 1.75. The molecule has 0 unspecified atom stereocenters. The second-order valence-corrected chi connectivity index (χ2v) is 8.75.